The highest BCUT2D eigenvalue weighted by Gasteiger charge is 2.18. The van der Waals surface area contributed by atoms with Crippen LogP contribution in [0.5, 0.6) is 0 Å². The van der Waals surface area contributed by atoms with Gasteiger partial charge in [-0.1, -0.05) is 6.92 Å². The van der Waals surface area contributed by atoms with Crippen LogP contribution in [-0.4, -0.2) is 14.8 Å². The molecule has 0 saturated carbocycles. The largest absolute Gasteiger partial charge is 0.271 e. The van der Waals surface area contributed by atoms with Crippen molar-refractivity contribution in [3.63, 3.8) is 0 Å². The molecule has 0 aliphatic heterocycles. The summed E-state index contributed by atoms with van der Waals surface area (Å²) in [7, 11) is 0. The SMILES string of the molecule is CCCn1ncc(Br)c1C(CCc1ccncc1)NN. The van der Waals surface area contributed by atoms with E-state index in [0.717, 1.165) is 36.0 Å². The van der Waals surface area contributed by atoms with E-state index in [1.807, 2.05) is 35.4 Å². The van der Waals surface area contributed by atoms with Crippen LogP contribution in [0.2, 0.25) is 0 Å². The fourth-order valence-corrected chi connectivity index (χ4v) is 2.84. The van der Waals surface area contributed by atoms with E-state index < -0.39 is 0 Å². The predicted octanol–water partition coefficient (Wildman–Crippen LogP) is 2.59. The molecule has 0 bridgehead atoms. The van der Waals surface area contributed by atoms with Gasteiger partial charge in [0.05, 0.1) is 22.4 Å². The molecule has 0 radical (unpaired) electrons. The van der Waals surface area contributed by atoms with Gasteiger partial charge in [-0.3, -0.25) is 20.9 Å². The molecule has 0 fully saturated rings. The molecule has 2 heterocycles. The van der Waals surface area contributed by atoms with Gasteiger partial charge in [-0.15, -0.1) is 0 Å². The maximum Gasteiger partial charge on any atom is 0.0709 e. The average Bonchev–Trinajstić information content (AvgIpc) is 2.83. The highest BCUT2D eigenvalue weighted by molar-refractivity contribution is 9.10. The topological polar surface area (TPSA) is 68.8 Å². The molecule has 0 amide bonds. The van der Waals surface area contributed by atoms with Gasteiger partial charge >= 0.3 is 0 Å². The quantitative estimate of drug-likeness (QED) is 0.601. The first kappa shape index (κ1) is 15.2. The number of hydrazine groups is 1. The summed E-state index contributed by atoms with van der Waals surface area (Å²) in [6.45, 7) is 3.04. The molecule has 0 aliphatic carbocycles. The van der Waals surface area contributed by atoms with Crippen molar-refractivity contribution < 1.29 is 0 Å². The van der Waals surface area contributed by atoms with Gasteiger partial charge in [-0.2, -0.15) is 5.10 Å². The number of nitrogens with one attached hydrogen (secondary N) is 1. The van der Waals surface area contributed by atoms with Crippen LogP contribution in [0, 0.1) is 0 Å². The Balaban J connectivity index is 2.10. The molecular weight excluding hydrogens is 318 g/mol. The van der Waals surface area contributed by atoms with Crippen LogP contribution in [0.15, 0.2) is 35.2 Å². The number of hydrogen-bond acceptors (Lipinski definition) is 4. The maximum absolute atomic E-state index is 5.74. The molecule has 0 spiro atoms. The molecule has 2 aromatic heterocycles. The minimum atomic E-state index is 0.0755. The van der Waals surface area contributed by atoms with E-state index >= 15 is 0 Å². The number of aryl methyl sites for hydroxylation is 2. The second-order valence-electron chi connectivity index (χ2n) is 4.71. The first-order valence-corrected chi connectivity index (χ1v) is 7.61. The minimum absolute atomic E-state index is 0.0755. The van der Waals surface area contributed by atoms with Crippen LogP contribution in [-0.2, 0) is 13.0 Å². The minimum Gasteiger partial charge on any atom is -0.271 e. The van der Waals surface area contributed by atoms with Gasteiger partial charge in [-0.05, 0) is 52.9 Å². The zero-order valence-electron chi connectivity index (χ0n) is 11.6. The van der Waals surface area contributed by atoms with Gasteiger partial charge in [0, 0.05) is 18.9 Å². The number of nitrogens with zero attached hydrogens (tertiary/aromatic N) is 3. The highest BCUT2D eigenvalue weighted by atomic mass is 79.9. The summed E-state index contributed by atoms with van der Waals surface area (Å²) in [6.07, 6.45) is 8.37. The molecule has 0 aromatic carbocycles. The Morgan fingerprint density at radius 2 is 2.15 bits per heavy atom. The lowest BCUT2D eigenvalue weighted by Crippen LogP contribution is -2.30. The summed E-state index contributed by atoms with van der Waals surface area (Å²) in [5.74, 6) is 5.74. The van der Waals surface area contributed by atoms with Gasteiger partial charge in [0.25, 0.3) is 0 Å². The first-order chi connectivity index (χ1) is 9.76. The zero-order chi connectivity index (χ0) is 14.4. The number of pyridine rings is 1. The van der Waals surface area contributed by atoms with Crippen molar-refractivity contribution in [2.75, 3.05) is 0 Å². The van der Waals surface area contributed by atoms with E-state index in [0.29, 0.717) is 0 Å². The first-order valence-electron chi connectivity index (χ1n) is 6.82. The summed E-state index contributed by atoms with van der Waals surface area (Å²) in [4.78, 5) is 4.03. The molecular formula is C14H20BrN5. The van der Waals surface area contributed by atoms with Gasteiger partial charge < -0.3 is 0 Å². The number of aromatic nitrogens is 3. The lowest BCUT2D eigenvalue weighted by molar-refractivity contribution is 0.456. The summed E-state index contributed by atoms with van der Waals surface area (Å²) in [6, 6.07) is 4.14. The molecule has 2 rings (SSSR count). The average molecular weight is 338 g/mol. The number of nitrogens with two attached hydrogens (primary N) is 1. The highest BCUT2D eigenvalue weighted by Crippen LogP contribution is 2.26. The maximum atomic E-state index is 5.74. The predicted molar refractivity (Wildman–Crippen MR) is 82.8 cm³/mol. The summed E-state index contributed by atoms with van der Waals surface area (Å²) < 4.78 is 3.02. The van der Waals surface area contributed by atoms with Crippen LogP contribution >= 0.6 is 15.9 Å². The fourth-order valence-electron chi connectivity index (χ4n) is 2.27. The second kappa shape index (κ2) is 7.52. The van der Waals surface area contributed by atoms with Crippen LogP contribution in [0.25, 0.3) is 0 Å². The Hall–Kier alpha value is -1.24. The van der Waals surface area contributed by atoms with E-state index in [2.05, 4.69) is 38.4 Å². The van der Waals surface area contributed by atoms with Crippen LogP contribution < -0.4 is 11.3 Å². The number of rotatable bonds is 7. The Bertz CT molecular complexity index is 526. The van der Waals surface area contributed by atoms with Crippen LogP contribution in [0.1, 0.15) is 37.1 Å². The van der Waals surface area contributed by atoms with Crippen LogP contribution in [0.3, 0.4) is 0 Å². The van der Waals surface area contributed by atoms with E-state index in [1.165, 1.54) is 5.56 Å². The molecule has 6 heteroatoms. The van der Waals surface area contributed by atoms with Gasteiger partial charge in [0.1, 0.15) is 0 Å². The third kappa shape index (κ3) is 3.65. The summed E-state index contributed by atoms with van der Waals surface area (Å²) in [5, 5.41) is 4.39. The van der Waals surface area contributed by atoms with Crippen LogP contribution in [0.4, 0.5) is 0 Å². The second-order valence-corrected chi connectivity index (χ2v) is 5.57. The van der Waals surface area contributed by atoms with Crippen molar-refractivity contribution in [3.05, 3.63) is 46.5 Å². The molecule has 0 saturated heterocycles. The molecule has 2 aromatic rings. The summed E-state index contributed by atoms with van der Waals surface area (Å²) in [5.41, 5.74) is 5.28. The zero-order valence-corrected chi connectivity index (χ0v) is 13.2. The molecule has 1 atom stereocenters. The van der Waals surface area contributed by atoms with Crippen molar-refractivity contribution in [3.8, 4) is 0 Å². The lowest BCUT2D eigenvalue weighted by atomic mass is 10.0. The molecule has 5 nitrogen and oxygen atoms in total. The van der Waals surface area contributed by atoms with Crippen molar-refractivity contribution >= 4 is 15.9 Å². The third-order valence-electron chi connectivity index (χ3n) is 3.27. The number of hydrogen-bond donors (Lipinski definition) is 2. The van der Waals surface area contributed by atoms with Crippen molar-refractivity contribution in [1.82, 2.24) is 20.2 Å². The van der Waals surface area contributed by atoms with Crippen molar-refractivity contribution in [1.29, 1.82) is 0 Å². The normalized spacial score (nSPS) is 12.6. The van der Waals surface area contributed by atoms with Gasteiger partial charge in [-0.25, -0.2) is 0 Å². The smallest absolute Gasteiger partial charge is 0.0709 e. The molecule has 1 unspecified atom stereocenters. The molecule has 20 heavy (non-hydrogen) atoms. The molecule has 108 valence electrons. The Morgan fingerprint density at radius 1 is 1.40 bits per heavy atom. The third-order valence-corrected chi connectivity index (χ3v) is 3.88. The molecule has 0 aliphatic rings. The van der Waals surface area contributed by atoms with Gasteiger partial charge in [0.2, 0.25) is 0 Å². The fraction of sp³-hybridized carbons (Fsp3) is 0.429. The van der Waals surface area contributed by atoms with E-state index in [4.69, 9.17) is 5.84 Å². The van der Waals surface area contributed by atoms with E-state index in [1.54, 1.807) is 0 Å². The molecule has 3 N–H and O–H groups in total. The standard InChI is InChI=1S/C14H20BrN5/c1-2-9-20-14(12(15)10-18-20)13(19-16)4-3-11-5-7-17-8-6-11/h5-8,10,13,19H,2-4,9,16H2,1H3. The van der Waals surface area contributed by atoms with Crippen molar-refractivity contribution in [2.45, 2.75) is 38.8 Å². The van der Waals surface area contributed by atoms with E-state index in [9.17, 15) is 0 Å². The van der Waals surface area contributed by atoms with E-state index in [-0.39, 0.29) is 6.04 Å². The number of halogens is 1. The Kier molecular flexibility index (Phi) is 5.70. The Labute approximate surface area is 127 Å². The summed E-state index contributed by atoms with van der Waals surface area (Å²) >= 11 is 3.57. The lowest BCUT2D eigenvalue weighted by Gasteiger charge is -2.18. The monoisotopic (exact) mass is 337 g/mol. The van der Waals surface area contributed by atoms with Crippen molar-refractivity contribution in [2.24, 2.45) is 5.84 Å². The Morgan fingerprint density at radius 3 is 2.80 bits per heavy atom. The van der Waals surface area contributed by atoms with Gasteiger partial charge in [0.15, 0.2) is 0 Å².